The minimum Gasteiger partial charge on any atom is -0.318 e. The molecule has 0 fully saturated rings. The summed E-state index contributed by atoms with van der Waals surface area (Å²) in [6.07, 6.45) is 1.65. The monoisotopic (exact) mass is 477 g/mol. The van der Waals surface area contributed by atoms with E-state index in [1.54, 1.807) is 18.2 Å². The molecule has 0 bridgehead atoms. The summed E-state index contributed by atoms with van der Waals surface area (Å²) in [6.45, 7) is 3.80. The molecule has 2 aromatic carbocycles. The van der Waals surface area contributed by atoms with Gasteiger partial charge < -0.3 is 4.57 Å². The molecule has 3 heterocycles. The fourth-order valence-electron chi connectivity index (χ4n) is 3.80. The molecule has 0 saturated carbocycles. The van der Waals surface area contributed by atoms with Gasteiger partial charge in [0.2, 0.25) is 5.17 Å². The summed E-state index contributed by atoms with van der Waals surface area (Å²) in [5.74, 6) is -1.00. The summed E-state index contributed by atoms with van der Waals surface area (Å²) in [6, 6.07) is 16.0. The number of hydrogen-bond acceptors (Lipinski definition) is 4. The second-order valence-electron chi connectivity index (χ2n) is 7.55. The minimum atomic E-state index is -0.488. The normalized spacial score (nSPS) is 16.8. The molecule has 2 aliphatic rings. The fraction of sp³-hybridized carbons (Fsp3) is 0.0833. The first-order valence-corrected chi connectivity index (χ1v) is 11.2. The molecule has 3 aromatic rings. The third-order valence-corrected chi connectivity index (χ3v) is 6.65. The van der Waals surface area contributed by atoms with Crippen molar-refractivity contribution in [2.24, 2.45) is 10.1 Å². The maximum Gasteiger partial charge on any atom is 0.283 e. The van der Waals surface area contributed by atoms with Crippen molar-refractivity contribution >= 4 is 51.4 Å². The number of nitrogens with one attached hydrogen (secondary N) is 1. The number of benzene rings is 2. The van der Waals surface area contributed by atoms with Crippen molar-refractivity contribution in [1.29, 1.82) is 5.41 Å². The molecule has 33 heavy (non-hydrogen) atoms. The summed E-state index contributed by atoms with van der Waals surface area (Å²) in [7, 11) is 0. The Bertz CT molecular complexity index is 1420. The smallest absolute Gasteiger partial charge is 0.283 e. The highest BCUT2D eigenvalue weighted by Crippen LogP contribution is 2.32. The zero-order chi connectivity index (χ0) is 23.3. The quantitative estimate of drug-likeness (QED) is 0.502. The second-order valence-corrected chi connectivity index (χ2v) is 8.91. The van der Waals surface area contributed by atoms with Crippen LogP contribution in [0, 0.1) is 25.1 Å². The highest BCUT2D eigenvalue weighted by atomic mass is 35.5. The largest absolute Gasteiger partial charge is 0.318 e. The molecule has 0 spiro atoms. The van der Waals surface area contributed by atoms with Crippen LogP contribution in [-0.4, -0.2) is 31.5 Å². The van der Waals surface area contributed by atoms with E-state index >= 15 is 0 Å². The summed E-state index contributed by atoms with van der Waals surface area (Å²) in [5.41, 5.74) is 4.20. The Morgan fingerprint density at radius 1 is 1.12 bits per heavy atom. The lowest BCUT2D eigenvalue weighted by atomic mass is 10.1. The molecule has 9 heteroatoms. The minimum absolute atomic E-state index is 0.0296. The Morgan fingerprint density at radius 2 is 1.88 bits per heavy atom. The van der Waals surface area contributed by atoms with Crippen LogP contribution in [0.15, 0.2) is 70.3 Å². The van der Waals surface area contributed by atoms with E-state index in [4.69, 9.17) is 17.0 Å². The van der Waals surface area contributed by atoms with Crippen LogP contribution >= 0.6 is 23.4 Å². The molecule has 0 atom stereocenters. The maximum absolute atomic E-state index is 13.6. The lowest BCUT2D eigenvalue weighted by Crippen LogP contribution is -2.35. The molecule has 164 valence electrons. The van der Waals surface area contributed by atoms with E-state index in [2.05, 4.69) is 10.1 Å². The van der Waals surface area contributed by atoms with Crippen LogP contribution in [0.3, 0.4) is 0 Å². The van der Waals surface area contributed by atoms with Crippen molar-refractivity contribution in [3.8, 4) is 5.69 Å². The molecule has 6 nitrogen and oxygen atoms in total. The van der Waals surface area contributed by atoms with Crippen molar-refractivity contribution in [1.82, 2.24) is 9.58 Å². The number of aryl methyl sites for hydroxylation is 1. The van der Waals surface area contributed by atoms with Gasteiger partial charge in [0, 0.05) is 22.6 Å². The first kappa shape index (κ1) is 21.4. The van der Waals surface area contributed by atoms with E-state index < -0.39 is 11.7 Å². The highest BCUT2D eigenvalue weighted by Gasteiger charge is 2.36. The third kappa shape index (κ3) is 3.71. The summed E-state index contributed by atoms with van der Waals surface area (Å²) < 4.78 is 15.5. The van der Waals surface area contributed by atoms with Gasteiger partial charge >= 0.3 is 0 Å². The number of amidine groups is 2. The molecule has 1 N–H and O–H groups in total. The number of halogens is 2. The predicted octanol–water partition coefficient (Wildman–Crippen LogP) is 5.55. The van der Waals surface area contributed by atoms with Crippen molar-refractivity contribution in [3.63, 3.8) is 0 Å². The van der Waals surface area contributed by atoms with Gasteiger partial charge in [0.25, 0.3) is 5.91 Å². The van der Waals surface area contributed by atoms with E-state index in [0.717, 1.165) is 22.5 Å². The molecule has 0 aliphatic carbocycles. The number of aromatic nitrogens is 1. The van der Waals surface area contributed by atoms with E-state index in [1.165, 1.54) is 22.8 Å². The Kier molecular flexibility index (Phi) is 5.26. The van der Waals surface area contributed by atoms with Crippen LogP contribution < -0.4 is 0 Å². The number of nitrogens with zero attached hydrogens (tertiary/aromatic N) is 4. The zero-order valence-electron chi connectivity index (χ0n) is 17.6. The number of amides is 1. The molecule has 2 aliphatic heterocycles. The van der Waals surface area contributed by atoms with E-state index in [0.29, 0.717) is 15.9 Å². The first-order chi connectivity index (χ1) is 15.8. The average molecular weight is 478 g/mol. The molecule has 1 aromatic heterocycles. The van der Waals surface area contributed by atoms with Crippen LogP contribution in [-0.2, 0) is 4.79 Å². The number of hydrogen-bond donors (Lipinski definition) is 1. The van der Waals surface area contributed by atoms with Crippen LogP contribution in [0.5, 0.6) is 0 Å². The van der Waals surface area contributed by atoms with E-state index in [9.17, 15) is 9.18 Å². The van der Waals surface area contributed by atoms with Crippen LogP contribution in [0.25, 0.3) is 11.8 Å². The standard InChI is InChI=1S/C24H17ClFN5OS/c1-13-10-16(14(2)30(13)17-8-9-20(26)19(25)12-17)11-18-21(27)31-24(28-22(18)32)33-23(29-31)15-6-4-3-5-7-15/h3-12,27H,1-2H3. The van der Waals surface area contributed by atoms with Gasteiger partial charge in [0.1, 0.15) is 10.9 Å². The van der Waals surface area contributed by atoms with Gasteiger partial charge in [-0.3, -0.25) is 10.2 Å². The molecule has 0 saturated heterocycles. The Labute approximate surface area is 198 Å². The summed E-state index contributed by atoms with van der Waals surface area (Å²) in [5, 5.41) is 15.6. The topological polar surface area (TPSA) is 73.8 Å². The van der Waals surface area contributed by atoms with Crippen molar-refractivity contribution in [3.05, 3.63) is 93.5 Å². The molecular formula is C24H17ClFN5OS. The van der Waals surface area contributed by atoms with Crippen LogP contribution in [0.4, 0.5) is 4.39 Å². The predicted molar refractivity (Wildman–Crippen MR) is 131 cm³/mol. The fourth-order valence-corrected chi connectivity index (χ4v) is 4.87. The highest BCUT2D eigenvalue weighted by molar-refractivity contribution is 8.27. The number of carbonyl (C=O) groups excluding carboxylic acids is 1. The van der Waals surface area contributed by atoms with Gasteiger partial charge in [-0.25, -0.2) is 4.39 Å². The molecule has 0 unspecified atom stereocenters. The van der Waals surface area contributed by atoms with Crippen molar-refractivity contribution in [2.45, 2.75) is 13.8 Å². The Morgan fingerprint density at radius 3 is 2.61 bits per heavy atom. The lowest BCUT2D eigenvalue weighted by Gasteiger charge is -2.20. The summed E-state index contributed by atoms with van der Waals surface area (Å²) >= 11 is 7.23. The van der Waals surface area contributed by atoms with E-state index in [-0.39, 0.29) is 16.4 Å². The maximum atomic E-state index is 13.6. The number of hydrazone groups is 1. The average Bonchev–Trinajstić information content (AvgIpc) is 3.34. The molecular weight excluding hydrogens is 461 g/mol. The van der Waals surface area contributed by atoms with Gasteiger partial charge in [-0.15, -0.1) is 0 Å². The third-order valence-electron chi connectivity index (χ3n) is 5.41. The zero-order valence-corrected chi connectivity index (χ0v) is 19.2. The molecule has 5 rings (SSSR count). The number of aliphatic imine (C=N–C) groups is 1. The number of carbonyl (C=O) groups is 1. The number of thioether (sulfide) groups is 1. The lowest BCUT2D eigenvalue weighted by molar-refractivity contribution is -0.114. The molecule has 1 amide bonds. The van der Waals surface area contributed by atoms with Gasteiger partial charge in [-0.2, -0.15) is 15.1 Å². The van der Waals surface area contributed by atoms with Crippen LogP contribution in [0.1, 0.15) is 22.5 Å². The number of fused-ring (bicyclic) bond motifs is 1. The van der Waals surface area contributed by atoms with Gasteiger partial charge in [0.15, 0.2) is 5.84 Å². The Balaban J connectivity index is 1.52. The number of rotatable bonds is 3. The van der Waals surface area contributed by atoms with Crippen LogP contribution in [0.2, 0.25) is 5.02 Å². The SMILES string of the molecule is Cc1cc(C=C2C(=N)N3N=C(c4ccccc4)SC3=NC2=O)c(C)n1-c1ccc(F)c(Cl)c1. The van der Waals surface area contributed by atoms with Gasteiger partial charge in [-0.1, -0.05) is 41.9 Å². The van der Waals surface area contributed by atoms with Gasteiger partial charge in [-0.05, 0) is 61.5 Å². The Hall–Kier alpha value is -3.49. The van der Waals surface area contributed by atoms with E-state index in [1.807, 2.05) is 54.8 Å². The van der Waals surface area contributed by atoms with Crippen molar-refractivity contribution in [2.75, 3.05) is 0 Å². The van der Waals surface area contributed by atoms with Crippen molar-refractivity contribution < 1.29 is 9.18 Å². The second kappa shape index (κ2) is 8.13. The first-order valence-electron chi connectivity index (χ1n) is 10.0. The molecule has 0 radical (unpaired) electrons. The van der Waals surface area contributed by atoms with Gasteiger partial charge in [0.05, 0.1) is 10.6 Å². The summed E-state index contributed by atoms with van der Waals surface area (Å²) in [4.78, 5) is 17.0.